The fourth-order valence-electron chi connectivity index (χ4n) is 5.23. The van der Waals surface area contributed by atoms with E-state index in [1.54, 1.807) is 34.8 Å². The van der Waals surface area contributed by atoms with Gasteiger partial charge in [0.2, 0.25) is 0 Å². The fraction of sp³-hybridized carbons (Fsp3) is 0.435. The van der Waals surface area contributed by atoms with Gasteiger partial charge in [0.1, 0.15) is 5.82 Å². The van der Waals surface area contributed by atoms with E-state index in [-0.39, 0.29) is 17.3 Å². The van der Waals surface area contributed by atoms with Crippen LogP contribution in [0.15, 0.2) is 30.7 Å². The van der Waals surface area contributed by atoms with Crippen molar-refractivity contribution in [3.63, 3.8) is 0 Å². The molecule has 0 radical (unpaired) electrons. The van der Waals surface area contributed by atoms with Crippen LogP contribution in [0, 0.1) is 12.7 Å². The number of hydrogen-bond donors (Lipinski definition) is 2. The first-order valence-corrected chi connectivity index (χ1v) is 11.3. The topological polar surface area (TPSA) is 87.0 Å². The van der Waals surface area contributed by atoms with Crippen molar-refractivity contribution in [1.82, 2.24) is 19.7 Å². The van der Waals surface area contributed by atoms with E-state index in [1.165, 1.54) is 6.07 Å². The first kappa shape index (κ1) is 20.4. The number of hydrogen-bond acceptors (Lipinski definition) is 6. The summed E-state index contributed by atoms with van der Waals surface area (Å²) in [5, 5.41) is 6.26. The minimum Gasteiger partial charge on any atom is -0.370 e. The number of carbonyl (C=O) groups is 1. The summed E-state index contributed by atoms with van der Waals surface area (Å²) in [5.41, 5.74) is 3.36. The number of carbonyl (C=O) groups excluding carboxylic acids is 1. The minimum absolute atomic E-state index is 0.140. The Morgan fingerprint density at radius 2 is 2.24 bits per heavy atom. The molecule has 33 heavy (non-hydrogen) atoms. The predicted molar refractivity (Wildman–Crippen MR) is 123 cm³/mol. The van der Waals surface area contributed by atoms with Gasteiger partial charge in [0.05, 0.1) is 23.6 Å². The molecule has 2 N–H and O–H groups in total. The number of amides is 2. The van der Waals surface area contributed by atoms with E-state index in [0.29, 0.717) is 23.7 Å². The van der Waals surface area contributed by atoms with Crippen LogP contribution in [0.25, 0.3) is 5.65 Å². The molecule has 10 heteroatoms. The highest BCUT2D eigenvalue weighted by Gasteiger charge is 2.42. The Labute approximate surface area is 190 Å². The zero-order valence-corrected chi connectivity index (χ0v) is 18.5. The van der Waals surface area contributed by atoms with Crippen LogP contribution in [0.5, 0.6) is 0 Å². The third kappa shape index (κ3) is 3.50. The lowest BCUT2D eigenvalue weighted by Crippen LogP contribution is -2.51. The number of fused-ring (bicyclic) bond motifs is 2. The fourth-order valence-corrected chi connectivity index (χ4v) is 5.23. The molecule has 0 aromatic carbocycles. The van der Waals surface area contributed by atoms with Crippen LogP contribution in [0.2, 0.25) is 0 Å². The number of nitrogens with zero attached hydrogens (tertiary/aromatic N) is 5. The molecule has 2 amide bonds. The van der Waals surface area contributed by atoms with Gasteiger partial charge in [-0.05, 0) is 25.8 Å². The van der Waals surface area contributed by atoms with E-state index < -0.39 is 5.82 Å². The molecule has 0 unspecified atom stereocenters. The van der Waals surface area contributed by atoms with Gasteiger partial charge in [0.15, 0.2) is 11.5 Å². The van der Waals surface area contributed by atoms with E-state index >= 15 is 0 Å². The summed E-state index contributed by atoms with van der Waals surface area (Å²) in [5.74, 6) is 0.180. The number of aromatic nitrogens is 3. The summed E-state index contributed by atoms with van der Waals surface area (Å²) in [4.78, 5) is 25.7. The van der Waals surface area contributed by atoms with Crippen LogP contribution in [-0.4, -0.2) is 65.3 Å². The molecule has 2 saturated heterocycles. The summed E-state index contributed by atoms with van der Waals surface area (Å²) in [6.45, 7) is 6.56. The van der Waals surface area contributed by atoms with Crippen molar-refractivity contribution in [3.8, 4) is 0 Å². The number of anilines is 3. The highest BCUT2D eigenvalue weighted by Crippen LogP contribution is 2.38. The Morgan fingerprint density at radius 3 is 3.09 bits per heavy atom. The van der Waals surface area contributed by atoms with Gasteiger partial charge in [-0.3, -0.25) is 4.90 Å². The maximum atomic E-state index is 14.4. The molecule has 172 valence electrons. The number of urea groups is 1. The zero-order chi connectivity index (χ0) is 22.6. The van der Waals surface area contributed by atoms with E-state index in [2.05, 4.69) is 25.5 Å². The van der Waals surface area contributed by atoms with Crippen molar-refractivity contribution < 1.29 is 13.9 Å². The standard InChI is InChI=1S/C23H26FN7O2/c1-15-11-30-12-16(10-18(24)21(30)27-15)28-22(32)31-7-3-17-19(2-5-26-20(17)31)29-8-4-23(14-29)13-25-6-9-33-23/h2,5,10-12,25H,3-4,6-9,13-14H2,1H3,(H,28,32)/t23-/m0/s1. The number of morpholine rings is 1. The van der Waals surface area contributed by atoms with Crippen LogP contribution >= 0.6 is 0 Å². The lowest BCUT2D eigenvalue weighted by Gasteiger charge is -2.34. The molecular weight excluding hydrogens is 425 g/mol. The maximum Gasteiger partial charge on any atom is 0.327 e. The van der Waals surface area contributed by atoms with Gasteiger partial charge < -0.3 is 24.7 Å². The number of nitrogens with one attached hydrogen (secondary N) is 2. The molecule has 9 nitrogen and oxygen atoms in total. The molecule has 1 spiro atoms. The summed E-state index contributed by atoms with van der Waals surface area (Å²) in [7, 11) is 0. The molecule has 0 saturated carbocycles. The first-order valence-electron chi connectivity index (χ1n) is 11.3. The summed E-state index contributed by atoms with van der Waals surface area (Å²) in [6.07, 6.45) is 6.84. The van der Waals surface area contributed by atoms with Crippen molar-refractivity contribution in [2.24, 2.45) is 0 Å². The van der Waals surface area contributed by atoms with Gasteiger partial charge >= 0.3 is 6.03 Å². The van der Waals surface area contributed by atoms with Gasteiger partial charge in [0, 0.05) is 68.6 Å². The number of imidazole rings is 1. The summed E-state index contributed by atoms with van der Waals surface area (Å²) >= 11 is 0. The molecule has 0 aliphatic carbocycles. The molecule has 2 fully saturated rings. The Balaban J connectivity index is 1.23. The van der Waals surface area contributed by atoms with Crippen LogP contribution in [0.1, 0.15) is 17.7 Å². The van der Waals surface area contributed by atoms with Crippen LogP contribution < -0.4 is 20.4 Å². The molecular formula is C23H26FN7O2. The van der Waals surface area contributed by atoms with Gasteiger partial charge in [-0.1, -0.05) is 0 Å². The normalized spacial score (nSPS) is 22.4. The van der Waals surface area contributed by atoms with Crippen LogP contribution in [0.3, 0.4) is 0 Å². The number of ether oxygens (including phenoxy) is 1. The third-order valence-electron chi connectivity index (χ3n) is 6.76. The highest BCUT2D eigenvalue weighted by molar-refractivity contribution is 6.03. The van der Waals surface area contributed by atoms with Crippen molar-refractivity contribution in [2.75, 3.05) is 54.4 Å². The second-order valence-electron chi connectivity index (χ2n) is 9.03. The number of halogens is 1. The molecule has 3 aromatic rings. The van der Waals surface area contributed by atoms with E-state index in [0.717, 1.165) is 56.9 Å². The Kier molecular flexibility index (Phi) is 4.73. The lowest BCUT2D eigenvalue weighted by molar-refractivity contribution is -0.0496. The van der Waals surface area contributed by atoms with Crippen molar-refractivity contribution in [3.05, 3.63) is 47.8 Å². The molecule has 3 aliphatic heterocycles. The quantitative estimate of drug-likeness (QED) is 0.622. The van der Waals surface area contributed by atoms with Crippen molar-refractivity contribution >= 4 is 28.9 Å². The Bertz CT molecular complexity index is 1240. The number of pyridine rings is 2. The van der Waals surface area contributed by atoms with E-state index in [4.69, 9.17) is 4.74 Å². The predicted octanol–water partition coefficient (Wildman–Crippen LogP) is 2.34. The largest absolute Gasteiger partial charge is 0.370 e. The Hall–Kier alpha value is -3.24. The average Bonchev–Trinajstić information content (AvgIpc) is 3.51. The van der Waals surface area contributed by atoms with E-state index in [9.17, 15) is 9.18 Å². The minimum atomic E-state index is -0.481. The summed E-state index contributed by atoms with van der Waals surface area (Å²) in [6, 6.07) is 2.99. The van der Waals surface area contributed by atoms with E-state index in [1.807, 2.05) is 6.07 Å². The van der Waals surface area contributed by atoms with Gasteiger partial charge in [-0.25, -0.2) is 19.2 Å². The molecule has 0 bridgehead atoms. The lowest BCUT2D eigenvalue weighted by atomic mass is 10.0. The zero-order valence-electron chi connectivity index (χ0n) is 18.5. The first-order chi connectivity index (χ1) is 16.0. The summed E-state index contributed by atoms with van der Waals surface area (Å²) < 4.78 is 22.1. The molecule has 1 atom stereocenters. The van der Waals surface area contributed by atoms with Crippen LogP contribution in [-0.2, 0) is 11.2 Å². The number of aryl methyl sites for hydroxylation is 1. The monoisotopic (exact) mass is 451 g/mol. The number of rotatable bonds is 2. The molecule has 6 heterocycles. The van der Waals surface area contributed by atoms with Gasteiger partial charge in [0.25, 0.3) is 0 Å². The third-order valence-corrected chi connectivity index (χ3v) is 6.76. The molecule has 3 aliphatic rings. The van der Waals surface area contributed by atoms with Gasteiger partial charge in [-0.2, -0.15) is 0 Å². The SMILES string of the molecule is Cc1cn2cc(NC(=O)N3CCc4c(N5CC[C@]6(CNCCO6)C5)ccnc43)cc(F)c2n1. The second kappa shape index (κ2) is 7.67. The average molecular weight is 452 g/mol. The van der Waals surface area contributed by atoms with Gasteiger partial charge in [-0.15, -0.1) is 0 Å². The smallest absolute Gasteiger partial charge is 0.327 e. The molecule has 3 aromatic heterocycles. The second-order valence-corrected chi connectivity index (χ2v) is 9.03. The molecule has 6 rings (SSSR count). The van der Waals surface area contributed by atoms with Crippen LogP contribution in [0.4, 0.5) is 26.4 Å². The van der Waals surface area contributed by atoms with Crippen molar-refractivity contribution in [2.45, 2.75) is 25.4 Å². The maximum absolute atomic E-state index is 14.4. The highest BCUT2D eigenvalue weighted by atomic mass is 19.1. The Morgan fingerprint density at radius 1 is 1.33 bits per heavy atom. The van der Waals surface area contributed by atoms with Crippen molar-refractivity contribution in [1.29, 1.82) is 0 Å².